The number of aromatic nitrogens is 3. The molecule has 2 atom stereocenters. The molecule has 0 N–H and O–H groups in total. The molecule has 1 amide bonds. The van der Waals surface area contributed by atoms with Crippen LogP contribution in [0.5, 0.6) is 0 Å². The minimum atomic E-state index is -0.446. The molecule has 0 unspecified atom stereocenters. The first-order valence-corrected chi connectivity index (χ1v) is 12.4. The summed E-state index contributed by atoms with van der Waals surface area (Å²) in [5, 5.41) is 9.28. The maximum atomic E-state index is 12.9. The number of hydrogen-bond donors (Lipinski definition) is 0. The van der Waals surface area contributed by atoms with Gasteiger partial charge in [-0.05, 0) is 67.0 Å². The van der Waals surface area contributed by atoms with Gasteiger partial charge in [0.25, 0.3) is 0 Å². The second-order valence-corrected chi connectivity index (χ2v) is 10.0. The summed E-state index contributed by atoms with van der Waals surface area (Å²) >= 11 is 0. The number of fused-ring (bicyclic) bond motifs is 1. The van der Waals surface area contributed by atoms with E-state index in [1.807, 2.05) is 54.0 Å². The van der Waals surface area contributed by atoms with E-state index in [0.29, 0.717) is 24.6 Å². The highest BCUT2D eigenvalue weighted by molar-refractivity contribution is 5.77. The van der Waals surface area contributed by atoms with Gasteiger partial charge in [-0.25, -0.2) is 9.78 Å². The molecule has 2 fully saturated rings. The molecule has 1 aliphatic heterocycles. The third-order valence-electron chi connectivity index (χ3n) is 7.43. The zero-order valence-corrected chi connectivity index (χ0v) is 20.0. The molecule has 0 bridgehead atoms. The normalized spacial score (nSPS) is 21.6. The molecule has 2 aromatic carbocycles. The average molecular weight is 478 g/mol. The molecule has 7 heteroatoms. The summed E-state index contributed by atoms with van der Waals surface area (Å²) in [5.41, 5.74) is 5.20. The van der Waals surface area contributed by atoms with Crippen LogP contribution in [-0.2, 0) is 17.8 Å². The first-order valence-electron chi connectivity index (χ1n) is 12.4. The molecule has 3 heterocycles. The largest absolute Gasteiger partial charge is 0.441 e. The van der Waals surface area contributed by atoms with E-state index in [-0.39, 0.29) is 6.09 Å². The number of amides is 1. The van der Waals surface area contributed by atoms with E-state index < -0.39 is 5.60 Å². The van der Waals surface area contributed by atoms with E-state index in [1.54, 1.807) is 6.07 Å². The van der Waals surface area contributed by atoms with Gasteiger partial charge in [-0.15, -0.1) is 0 Å². The number of nitriles is 1. The summed E-state index contributed by atoms with van der Waals surface area (Å²) in [6.45, 7) is 1.89. The molecule has 7 nitrogen and oxygen atoms in total. The third-order valence-corrected chi connectivity index (χ3v) is 7.43. The minimum Gasteiger partial charge on any atom is -0.441 e. The van der Waals surface area contributed by atoms with Crippen LogP contribution in [-0.4, -0.2) is 37.7 Å². The van der Waals surface area contributed by atoms with Crippen molar-refractivity contribution < 1.29 is 9.53 Å². The predicted octanol–water partition coefficient (Wildman–Crippen LogP) is 5.55. The molecule has 2 aromatic heterocycles. The average Bonchev–Trinajstić information content (AvgIpc) is 3.44. The first kappa shape index (κ1) is 22.3. The van der Waals surface area contributed by atoms with Crippen LogP contribution in [0.25, 0.3) is 22.2 Å². The van der Waals surface area contributed by atoms with Crippen LogP contribution in [0.4, 0.5) is 4.79 Å². The number of pyridine rings is 1. The van der Waals surface area contributed by atoms with Crippen LogP contribution < -0.4 is 0 Å². The van der Waals surface area contributed by atoms with Gasteiger partial charge in [-0.1, -0.05) is 30.3 Å². The molecule has 2 aliphatic rings. The van der Waals surface area contributed by atoms with Crippen LogP contribution in [0.2, 0.25) is 0 Å². The van der Waals surface area contributed by atoms with Gasteiger partial charge in [0, 0.05) is 24.5 Å². The number of carbonyl (C=O) groups is 1. The molecule has 1 spiro atoms. The standard InChI is InChI=1S/C29H27N5O2/c30-14-21-8-9-26-27(12-21)34(20-32-26)17-22-5-4-10-29(13-22)19-33(28(35)36-29)18-23-11-25(16-31-15-23)24-6-2-1-3-7-24/h1-3,6-9,11-12,15-16,20,22H,4-5,10,13,17-19H2/t22-,29-/m0/s1. The zero-order chi connectivity index (χ0) is 24.5. The molecule has 0 radical (unpaired) electrons. The predicted molar refractivity (Wildman–Crippen MR) is 136 cm³/mol. The Labute approximate surface area is 210 Å². The van der Waals surface area contributed by atoms with Gasteiger partial charge in [0.05, 0.1) is 42.1 Å². The number of benzene rings is 2. The number of imidazole rings is 1. The van der Waals surface area contributed by atoms with Gasteiger partial charge in [-0.2, -0.15) is 5.26 Å². The van der Waals surface area contributed by atoms with Crippen molar-refractivity contribution in [2.75, 3.05) is 6.54 Å². The van der Waals surface area contributed by atoms with Crippen molar-refractivity contribution in [3.63, 3.8) is 0 Å². The quantitative estimate of drug-likeness (QED) is 0.376. The van der Waals surface area contributed by atoms with Crippen molar-refractivity contribution in [1.29, 1.82) is 5.26 Å². The van der Waals surface area contributed by atoms with Gasteiger partial charge in [0.15, 0.2) is 0 Å². The van der Waals surface area contributed by atoms with Crippen molar-refractivity contribution in [3.8, 4) is 17.2 Å². The Kier molecular flexibility index (Phi) is 5.65. The molecule has 36 heavy (non-hydrogen) atoms. The number of hydrogen-bond acceptors (Lipinski definition) is 5. The van der Waals surface area contributed by atoms with E-state index in [2.05, 4.69) is 38.8 Å². The highest BCUT2D eigenvalue weighted by Gasteiger charge is 2.47. The topological polar surface area (TPSA) is 84.0 Å². The summed E-state index contributed by atoms with van der Waals surface area (Å²) < 4.78 is 8.20. The Morgan fingerprint density at radius 2 is 2.00 bits per heavy atom. The Morgan fingerprint density at radius 3 is 2.86 bits per heavy atom. The minimum absolute atomic E-state index is 0.243. The lowest BCUT2D eigenvalue weighted by Gasteiger charge is -2.36. The Balaban J connectivity index is 1.16. The number of rotatable bonds is 5. The first-order chi connectivity index (χ1) is 17.6. The van der Waals surface area contributed by atoms with Crippen LogP contribution in [0.15, 0.2) is 73.3 Å². The van der Waals surface area contributed by atoms with Crippen LogP contribution >= 0.6 is 0 Å². The summed E-state index contributed by atoms with van der Waals surface area (Å²) in [7, 11) is 0. The lowest BCUT2D eigenvalue weighted by atomic mass is 9.78. The molecule has 180 valence electrons. The van der Waals surface area contributed by atoms with Crippen molar-refractivity contribution in [2.45, 2.75) is 44.4 Å². The molecule has 1 saturated carbocycles. The third kappa shape index (κ3) is 4.31. The fourth-order valence-electron chi connectivity index (χ4n) is 5.78. The molecule has 4 aromatic rings. The van der Waals surface area contributed by atoms with Gasteiger partial charge in [0.2, 0.25) is 0 Å². The van der Waals surface area contributed by atoms with Crippen LogP contribution in [0.1, 0.15) is 36.8 Å². The zero-order valence-electron chi connectivity index (χ0n) is 20.0. The highest BCUT2D eigenvalue weighted by Crippen LogP contribution is 2.41. The number of carbonyl (C=O) groups excluding carboxylic acids is 1. The van der Waals surface area contributed by atoms with Gasteiger partial charge >= 0.3 is 6.09 Å². The van der Waals surface area contributed by atoms with Crippen LogP contribution in [0.3, 0.4) is 0 Å². The van der Waals surface area contributed by atoms with Gasteiger partial charge < -0.3 is 9.30 Å². The number of nitrogens with zero attached hydrogens (tertiary/aromatic N) is 5. The van der Waals surface area contributed by atoms with Crippen molar-refractivity contribution in [3.05, 3.63) is 84.4 Å². The maximum absolute atomic E-state index is 12.9. The van der Waals surface area contributed by atoms with E-state index in [4.69, 9.17) is 4.74 Å². The Bertz CT molecular complexity index is 1460. The molecule has 6 rings (SSSR count). The van der Waals surface area contributed by atoms with Gasteiger partial charge in [0.1, 0.15) is 5.60 Å². The fourth-order valence-corrected chi connectivity index (χ4v) is 5.78. The summed E-state index contributed by atoms with van der Waals surface area (Å²) in [6.07, 6.45) is 9.11. The van der Waals surface area contributed by atoms with E-state index in [9.17, 15) is 10.1 Å². The SMILES string of the molecule is N#Cc1ccc2ncn(C[C@H]3CCC[C@]4(C3)CN(Cc3cncc(-c5ccccc5)c3)C(=O)O4)c2c1. The van der Waals surface area contributed by atoms with Crippen molar-refractivity contribution >= 4 is 17.1 Å². The summed E-state index contributed by atoms with van der Waals surface area (Å²) in [5.74, 6) is 0.373. The van der Waals surface area contributed by atoms with E-state index in [0.717, 1.165) is 60.0 Å². The smallest absolute Gasteiger partial charge is 0.410 e. The lowest BCUT2D eigenvalue weighted by Crippen LogP contribution is -2.40. The molecule has 1 aliphatic carbocycles. The highest BCUT2D eigenvalue weighted by atomic mass is 16.6. The maximum Gasteiger partial charge on any atom is 0.410 e. The lowest BCUT2D eigenvalue weighted by molar-refractivity contribution is 0.00415. The van der Waals surface area contributed by atoms with Gasteiger partial charge in [-0.3, -0.25) is 9.88 Å². The monoisotopic (exact) mass is 477 g/mol. The second kappa shape index (κ2) is 9.12. The van der Waals surface area contributed by atoms with E-state index >= 15 is 0 Å². The molecular formula is C29H27N5O2. The molecule has 1 saturated heterocycles. The summed E-state index contributed by atoms with van der Waals surface area (Å²) in [4.78, 5) is 23.7. The fraction of sp³-hybridized carbons (Fsp3) is 0.310. The van der Waals surface area contributed by atoms with Crippen LogP contribution in [0, 0.1) is 17.2 Å². The Hall–Kier alpha value is -4.18. The second-order valence-electron chi connectivity index (χ2n) is 10.0. The van der Waals surface area contributed by atoms with Crippen molar-refractivity contribution in [1.82, 2.24) is 19.4 Å². The summed E-state index contributed by atoms with van der Waals surface area (Å²) in [6, 6.07) is 20.1. The molecular weight excluding hydrogens is 450 g/mol. The van der Waals surface area contributed by atoms with E-state index in [1.165, 1.54) is 0 Å². The number of ether oxygens (including phenoxy) is 1. The Morgan fingerprint density at radius 1 is 1.11 bits per heavy atom. The van der Waals surface area contributed by atoms with Crippen molar-refractivity contribution in [2.24, 2.45) is 5.92 Å².